The summed E-state index contributed by atoms with van der Waals surface area (Å²) >= 11 is 0. The average molecular weight is 1110 g/mol. The first-order chi connectivity index (χ1) is 39.0. The van der Waals surface area contributed by atoms with Gasteiger partial charge in [-0.2, -0.15) is 0 Å². The number of carbonyl (C=O) groups excluding carboxylic acids is 1. The van der Waals surface area contributed by atoms with Crippen LogP contribution in [0, 0.1) is 0 Å². The summed E-state index contributed by atoms with van der Waals surface area (Å²) in [5, 5.41) is 6.29. The molecule has 3 atom stereocenters. The molecule has 0 aliphatic carbocycles. The van der Waals surface area contributed by atoms with Crippen LogP contribution < -0.4 is 30.4 Å². The van der Waals surface area contributed by atoms with Crippen molar-refractivity contribution < 1.29 is 33.2 Å². The van der Waals surface area contributed by atoms with E-state index in [1.54, 1.807) is 32.7 Å². The molecule has 0 bridgehead atoms. The summed E-state index contributed by atoms with van der Waals surface area (Å²) in [7, 11) is -4.58. The second-order valence-corrected chi connectivity index (χ2v) is 27.2. The van der Waals surface area contributed by atoms with Gasteiger partial charge >= 0.3 is 454 Å². The summed E-state index contributed by atoms with van der Waals surface area (Å²) in [6.45, 7) is 10.6. The Bertz CT molecular complexity index is 3350. The Balaban J connectivity index is 1.15. The molecule has 410 valence electrons. The van der Waals surface area contributed by atoms with Gasteiger partial charge in [0.05, 0.1) is 0 Å². The molecule has 3 heterocycles. The van der Waals surface area contributed by atoms with Crippen molar-refractivity contribution in [3.05, 3.63) is 246 Å². The van der Waals surface area contributed by atoms with Crippen LogP contribution >= 0.6 is 7.87 Å². The van der Waals surface area contributed by atoms with Crippen molar-refractivity contribution in [2.75, 3.05) is 26.1 Å². The zero-order chi connectivity index (χ0) is 55.9. The fraction of sp³-hybridized carbons (Fsp3) is 0.231. The number of rotatable bonds is 21. The maximum atomic E-state index is 14.8. The number of hydrogen-bond donors (Lipinski definition) is 2. The number of methoxy groups -OCH3 is 2. The minimum absolute atomic E-state index is 0.00818. The molecular weight excluding hydrogens is 1040 g/mol. The van der Waals surface area contributed by atoms with Crippen molar-refractivity contribution >= 4 is 54.4 Å². The van der Waals surface area contributed by atoms with E-state index in [9.17, 15) is 9.69 Å². The van der Waals surface area contributed by atoms with Crippen LogP contribution in [-0.2, 0) is 19.6 Å². The molecule has 1 saturated heterocycles. The number of aromatic nitrogens is 4. The number of imidazole rings is 1. The molecule has 0 spiro atoms. The Labute approximate surface area is 470 Å². The van der Waals surface area contributed by atoms with E-state index in [1.165, 1.54) is 6.33 Å². The summed E-state index contributed by atoms with van der Waals surface area (Å²) < 4.78 is 38.4. The van der Waals surface area contributed by atoms with E-state index in [-0.39, 0.29) is 36.8 Å². The quantitative estimate of drug-likeness (QED) is 0.0403. The number of ether oxygens (including phenoxy) is 4. The van der Waals surface area contributed by atoms with Gasteiger partial charge in [-0.25, -0.2) is 0 Å². The van der Waals surface area contributed by atoms with E-state index < -0.39 is 40.0 Å². The molecule has 15 heteroatoms. The van der Waals surface area contributed by atoms with Crippen molar-refractivity contribution in [3.63, 3.8) is 0 Å². The van der Waals surface area contributed by atoms with Gasteiger partial charge in [0.2, 0.25) is 0 Å². The average Bonchev–Trinajstić information content (AvgIpc) is 4.13. The van der Waals surface area contributed by atoms with E-state index in [0.717, 1.165) is 37.2 Å². The molecule has 10 rings (SSSR count). The molecule has 2 N–H and O–H groups in total. The molecule has 7 aromatic carbocycles. The zero-order valence-electron chi connectivity index (χ0n) is 46.2. The predicted octanol–water partition coefficient (Wildman–Crippen LogP) is 11.0. The van der Waals surface area contributed by atoms with Gasteiger partial charge in [-0.1, -0.05) is 18.2 Å². The van der Waals surface area contributed by atoms with Crippen LogP contribution in [0.5, 0.6) is 11.5 Å². The maximum absolute atomic E-state index is 14.8. The minimum atomic E-state index is -4.45. The van der Waals surface area contributed by atoms with Crippen LogP contribution in [-0.4, -0.2) is 88.2 Å². The topological polar surface area (TPSA) is 142 Å². The summed E-state index contributed by atoms with van der Waals surface area (Å²) in [6, 6.07) is 66.5. The number of nitrogens with one attached hydrogen (secondary N) is 1. The molecule has 1 amide bonds. The van der Waals surface area contributed by atoms with Gasteiger partial charge in [0.15, 0.2) is 0 Å². The van der Waals surface area contributed by atoms with E-state index in [2.05, 4.69) is 134 Å². The first-order valence-electron chi connectivity index (χ1n) is 27.2. The first kappa shape index (κ1) is 55.7. The second kappa shape index (κ2) is 24.4. The van der Waals surface area contributed by atoms with Crippen molar-refractivity contribution in [3.8, 4) is 11.5 Å². The summed E-state index contributed by atoms with van der Waals surface area (Å²) in [4.78, 5) is 43.3. The Morgan fingerprint density at radius 3 is 1.65 bits per heavy atom. The van der Waals surface area contributed by atoms with Crippen molar-refractivity contribution in [1.29, 1.82) is 0 Å². The number of carbonyl (C=O) groups is 1. The van der Waals surface area contributed by atoms with Crippen molar-refractivity contribution in [2.24, 2.45) is 0 Å². The third kappa shape index (κ3) is 10.6. The summed E-state index contributed by atoms with van der Waals surface area (Å²) in [5.41, 5.74) is 2.66. The Morgan fingerprint density at radius 2 is 1.18 bits per heavy atom. The molecule has 1 aliphatic heterocycles. The third-order valence-electron chi connectivity index (χ3n) is 15.2. The van der Waals surface area contributed by atoms with Gasteiger partial charge in [0.1, 0.15) is 0 Å². The number of anilines is 1. The molecule has 1 fully saturated rings. The van der Waals surface area contributed by atoms with E-state index in [4.69, 9.17) is 33.4 Å². The van der Waals surface area contributed by atoms with Crippen molar-refractivity contribution in [2.45, 2.75) is 77.2 Å². The summed E-state index contributed by atoms with van der Waals surface area (Å²) in [5.74, 6) is 1.33. The van der Waals surface area contributed by atoms with Crippen LogP contribution in [0.1, 0.15) is 74.3 Å². The van der Waals surface area contributed by atoms with Gasteiger partial charge in [-0.15, -0.1) is 0 Å². The molecule has 0 saturated carbocycles. The van der Waals surface area contributed by atoms with Crippen LogP contribution in [0.4, 0.5) is 5.82 Å². The number of allylic oxidation sites excluding steroid dienone is 1. The molecule has 80 heavy (non-hydrogen) atoms. The number of nitrogens with zero attached hydrogens (tertiary/aromatic N) is 5. The van der Waals surface area contributed by atoms with Crippen LogP contribution in [0.3, 0.4) is 0 Å². The van der Waals surface area contributed by atoms with E-state index >= 15 is 0 Å². The molecule has 0 unspecified atom stereocenters. The number of hydrogen-bond acceptors (Lipinski definition) is 11. The van der Waals surface area contributed by atoms with Gasteiger partial charge in [0, 0.05) is 0 Å². The monoisotopic (exact) mass is 1100 g/mol. The molecule has 13 nitrogen and oxygen atoms in total. The second-order valence-electron chi connectivity index (χ2n) is 20.5. The van der Waals surface area contributed by atoms with Crippen molar-refractivity contribution in [1.82, 2.24) is 24.2 Å². The van der Waals surface area contributed by atoms with Gasteiger partial charge in [-0.05, 0) is 0 Å². The molecule has 0 radical (unpaired) electrons. The predicted molar refractivity (Wildman–Crippen MR) is 322 cm³/mol. The Kier molecular flexibility index (Phi) is 17.0. The number of amides is 1. The Morgan fingerprint density at radius 1 is 0.700 bits per heavy atom. The Hall–Kier alpha value is -7.65. The number of fused-ring (bicyclic) bond motifs is 1. The molecule has 1 aliphatic rings. The zero-order valence-corrected chi connectivity index (χ0v) is 48.2. The number of benzene rings is 7. The van der Waals surface area contributed by atoms with E-state index in [0.29, 0.717) is 28.2 Å². The van der Waals surface area contributed by atoms with Crippen LogP contribution in [0.2, 0.25) is 0 Å². The fourth-order valence-corrected chi connectivity index (χ4v) is 23.0. The van der Waals surface area contributed by atoms with Crippen LogP contribution in [0.15, 0.2) is 224 Å². The standard InChI is InChI=1S/C65H69N6O7PSi/c1-8-60(80(54-28-18-11-19-29-54,55-30-20-12-21-31-55)56-32-22-13-23-33-56)79(73,71(46(2)3)47(4)5)78-57-42-59(70-45-68-61-62(66-44-67-63(61)70)69-64(72)48-24-14-9-15-25-48)77-58(57)43-76-65(49-26-16-10-17-27-49,50-34-38-52(74-6)39-35-50)51-36-40-53(75-7)41-37-51/h8-41,44-47,57-59,73,79H,42-43H2,1-7H3,(H,66,67,69,72)/t57-,58+,59+/m0/s1. The van der Waals surface area contributed by atoms with Gasteiger partial charge < -0.3 is 0 Å². The molecule has 9 aromatic rings. The normalized spacial score (nSPS) is 16.3. The molecule has 2 aromatic heterocycles. The molecular formula is C65H69N6O7PSi. The summed E-state index contributed by atoms with van der Waals surface area (Å²) in [6.07, 6.45) is 3.13. The van der Waals surface area contributed by atoms with E-state index in [1.807, 2.05) is 115 Å². The van der Waals surface area contributed by atoms with Gasteiger partial charge in [0.25, 0.3) is 0 Å². The van der Waals surface area contributed by atoms with Crippen LogP contribution in [0.25, 0.3) is 11.2 Å². The third-order valence-corrected chi connectivity index (χ3v) is 25.3. The van der Waals surface area contributed by atoms with Gasteiger partial charge in [-0.3, -0.25) is 0 Å². The SMILES string of the molecule is CC=C([Si](c1ccccc1)(c1ccccc1)c1ccccc1)[PH](O)(O[C@H]1C[C@H](n2cnc3c(NC(=O)c4ccccc4)ncnc32)O[C@@H]1COC(c1ccccc1)(c1ccc(OC)cc1)c1ccc(OC)cc1)N(C(C)C)C(C)C. The fourth-order valence-electron chi connectivity index (χ4n) is 11.8. The first-order valence-corrected chi connectivity index (χ1v) is 31.0.